The molecule has 0 spiro atoms. The molecule has 2 aliphatic rings. The van der Waals surface area contributed by atoms with Gasteiger partial charge in [-0.25, -0.2) is 0 Å². The summed E-state index contributed by atoms with van der Waals surface area (Å²) in [7, 11) is 1.73. The third-order valence-corrected chi connectivity index (χ3v) is 3.85. The molecule has 0 bridgehead atoms. The van der Waals surface area contributed by atoms with Crippen molar-refractivity contribution in [2.75, 3.05) is 33.2 Å². The molecule has 2 rings (SSSR count). The van der Waals surface area contributed by atoms with Gasteiger partial charge in [-0.15, -0.1) is 0 Å². The quantitative estimate of drug-likeness (QED) is 0.721. The van der Waals surface area contributed by atoms with Crippen LogP contribution >= 0.6 is 0 Å². The summed E-state index contributed by atoms with van der Waals surface area (Å²) < 4.78 is 0. The Morgan fingerprint density at radius 3 is 2.69 bits per heavy atom. The van der Waals surface area contributed by atoms with Gasteiger partial charge in [0.05, 0.1) is 0 Å². The molecule has 0 aromatic heterocycles. The standard InChI is InChI=1S/C12H23N3O/c1-13-12(16)10-4-7-15(8-5-10)9-11-3-2-6-14-11/h10-11,14H,2-9H2,1H3,(H,13,16)/t11-/m1/s1. The van der Waals surface area contributed by atoms with Crippen LogP contribution in [0.5, 0.6) is 0 Å². The average molecular weight is 225 g/mol. The fourth-order valence-corrected chi connectivity index (χ4v) is 2.81. The largest absolute Gasteiger partial charge is 0.359 e. The van der Waals surface area contributed by atoms with Crippen molar-refractivity contribution in [3.63, 3.8) is 0 Å². The predicted molar refractivity (Wildman–Crippen MR) is 64.3 cm³/mol. The molecule has 2 heterocycles. The van der Waals surface area contributed by atoms with Gasteiger partial charge in [0.1, 0.15) is 0 Å². The van der Waals surface area contributed by atoms with E-state index in [4.69, 9.17) is 0 Å². The van der Waals surface area contributed by atoms with Gasteiger partial charge in [0.2, 0.25) is 5.91 Å². The maximum atomic E-state index is 11.5. The zero-order valence-electron chi connectivity index (χ0n) is 10.2. The van der Waals surface area contributed by atoms with E-state index in [1.54, 1.807) is 7.05 Å². The Bertz CT molecular complexity index is 230. The molecule has 4 nitrogen and oxygen atoms in total. The van der Waals surface area contributed by atoms with Crippen LogP contribution in [0, 0.1) is 5.92 Å². The molecule has 1 amide bonds. The highest BCUT2D eigenvalue weighted by molar-refractivity contribution is 5.78. The van der Waals surface area contributed by atoms with Crippen molar-refractivity contribution in [1.82, 2.24) is 15.5 Å². The molecular formula is C12H23N3O. The van der Waals surface area contributed by atoms with E-state index in [-0.39, 0.29) is 11.8 Å². The number of hydrogen-bond acceptors (Lipinski definition) is 3. The minimum absolute atomic E-state index is 0.221. The molecular weight excluding hydrogens is 202 g/mol. The lowest BCUT2D eigenvalue weighted by Crippen LogP contribution is -2.44. The lowest BCUT2D eigenvalue weighted by molar-refractivity contribution is -0.125. The van der Waals surface area contributed by atoms with Gasteiger partial charge in [-0.1, -0.05) is 0 Å². The summed E-state index contributed by atoms with van der Waals surface area (Å²) in [4.78, 5) is 14.0. The average Bonchev–Trinajstić information content (AvgIpc) is 2.82. The number of nitrogens with zero attached hydrogens (tertiary/aromatic N) is 1. The third kappa shape index (κ3) is 2.95. The second kappa shape index (κ2) is 5.64. The highest BCUT2D eigenvalue weighted by Gasteiger charge is 2.26. The van der Waals surface area contributed by atoms with Crippen LogP contribution in [0.15, 0.2) is 0 Å². The predicted octanol–water partition coefficient (Wildman–Crippen LogP) is 0.196. The van der Waals surface area contributed by atoms with E-state index in [1.807, 2.05) is 0 Å². The van der Waals surface area contributed by atoms with Crippen LogP contribution in [-0.4, -0.2) is 50.1 Å². The number of rotatable bonds is 3. The Hall–Kier alpha value is -0.610. The van der Waals surface area contributed by atoms with Crippen LogP contribution in [-0.2, 0) is 4.79 Å². The zero-order chi connectivity index (χ0) is 11.4. The van der Waals surface area contributed by atoms with Gasteiger partial charge in [0.25, 0.3) is 0 Å². The van der Waals surface area contributed by atoms with Crippen molar-refractivity contribution in [3.05, 3.63) is 0 Å². The first-order chi connectivity index (χ1) is 7.79. The van der Waals surface area contributed by atoms with E-state index in [1.165, 1.54) is 25.9 Å². The molecule has 16 heavy (non-hydrogen) atoms. The van der Waals surface area contributed by atoms with Gasteiger partial charge in [-0.05, 0) is 45.3 Å². The molecule has 2 saturated heterocycles. The second-order valence-corrected chi connectivity index (χ2v) is 4.98. The fourth-order valence-electron chi connectivity index (χ4n) is 2.81. The third-order valence-electron chi connectivity index (χ3n) is 3.85. The first kappa shape index (κ1) is 11.9. The fraction of sp³-hybridized carbons (Fsp3) is 0.917. The van der Waals surface area contributed by atoms with Gasteiger partial charge in [-0.2, -0.15) is 0 Å². The lowest BCUT2D eigenvalue weighted by atomic mass is 9.95. The Balaban J connectivity index is 1.70. The minimum atomic E-state index is 0.221. The molecule has 1 atom stereocenters. The monoisotopic (exact) mass is 225 g/mol. The van der Waals surface area contributed by atoms with Crippen molar-refractivity contribution in [2.24, 2.45) is 5.92 Å². The molecule has 0 aliphatic carbocycles. The van der Waals surface area contributed by atoms with Gasteiger partial charge < -0.3 is 15.5 Å². The van der Waals surface area contributed by atoms with E-state index in [0.29, 0.717) is 6.04 Å². The Labute approximate surface area is 97.8 Å². The maximum Gasteiger partial charge on any atom is 0.222 e. The molecule has 2 fully saturated rings. The first-order valence-electron chi connectivity index (χ1n) is 6.47. The number of piperidine rings is 1. The minimum Gasteiger partial charge on any atom is -0.359 e. The molecule has 92 valence electrons. The van der Waals surface area contributed by atoms with Crippen LogP contribution in [0.4, 0.5) is 0 Å². The van der Waals surface area contributed by atoms with Gasteiger partial charge >= 0.3 is 0 Å². The molecule has 0 aromatic carbocycles. The van der Waals surface area contributed by atoms with E-state index in [0.717, 1.165) is 25.9 Å². The highest BCUT2D eigenvalue weighted by Crippen LogP contribution is 2.18. The zero-order valence-corrected chi connectivity index (χ0v) is 10.2. The van der Waals surface area contributed by atoms with Gasteiger partial charge in [-0.3, -0.25) is 4.79 Å². The Morgan fingerprint density at radius 2 is 2.12 bits per heavy atom. The summed E-state index contributed by atoms with van der Waals surface area (Å²) in [5.41, 5.74) is 0. The van der Waals surface area contributed by atoms with Gasteiger partial charge in [0.15, 0.2) is 0 Å². The Morgan fingerprint density at radius 1 is 1.38 bits per heavy atom. The van der Waals surface area contributed by atoms with E-state index >= 15 is 0 Å². The summed E-state index contributed by atoms with van der Waals surface area (Å²) in [6, 6.07) is 0.691. The summed E-state index contributed by atoms with van der Waals surface area (Å²) in [5, 5.41) is 6.28. The van der Waals surface area contributed by atoms with Crippen molar-refractivity contribution in [2.45, 2.75) is 31.7 Å². The number of nitrogens with one attached hydrogen (secondary N) is 2. The molecule has 0 aromatic rings. The maximum absolute atomic E-state index is 11.5. The summed E-state index contributed by atoms with van der Waals surface area (Å²) >= 11 is 0. The van der Waals surface area contributed by atoms with E-state index in [9.17, 15) is 4.79 Å². The van der Waals surface area contributed by atoms with Crippen molar-refractivity contribution < 1.29 is 4.79 Å². The van der Waals surface area contributed by atoms with Crippen molar-refractivity contribution in [1.29, 1.82) is 0 Å². The van der Waals surface area contributed by atoms with E-state index < -0.39 is 0 Å². The number of carbonyl (C=O) groups is 1. The number of amides is 1. The van der Waals surface area contributed by atoms with Crippen LogP contribution < -0.4 is 10.6 Å². The van der Waals surface area contributed by atoms with Crippen LogP contribution in [0.3, 0.4) is 0 Å². The lowest BCUT2D eigenvalue weighted by Gasteiger charge is -2.32. The van der Waals surface area contributed by atoms with Crippen LogP contribution in [0.2, 0.25) is 0 Å². The van der Waals surface area contributed by atoms with Crippen LogP contribution in [0.25, 0.3) is 0 Å². The normalized spacial score (nSPS) is 28.2. The molecule has 0 radical (unpaired) electrons. The number of hydrogen-bond donors (Lipinski definition) is 2. The number of likely N-dealkylation sites (tertiary alicyclic amines) is 1. The van der Waals surface area contributed by atoms with E-state index in [2.05, 4.69) is 15.5 Å². The van der Waals surface area contributed by atoms with Crippen molar-refractivity contribution in [3.8, 4) is 0 Å². The SMILES string of the molecule is CNC(=O)C1CCN(C[C@H]2CCCN2)CC1. The van der Waals surface area contributed by atoms with Crippen molar-refractivity contribution >= 4 is 5.91 Å². The summed E-state index contributed by atoms with van der Waals surface area (Å²) in [6.07, 6.45) is 4.67. The summed E-state index contributed by atoms with van der Waals surface area (Å²) in [6.45, 7) is 4.51. The molecule has 2 N–H and O–H groups in total. The highest BCUT2D eigenvalue weighted by atomic mass is 16.1. The molecule has 0 unspecified atom stereocenters. The number of carbonyl (C=O) groups excluding carboxylic acids is 1. The topological polar surface area (TPSA) is 44.4 Å². The second-order valence-electron chi connectivity index (χ2n) is 4.98. The molecule has 2 aliphatic heterocycles. The first-order valence-corrected chi connectivity index (χ1v) is 6.47. The van der Waals surface area contributed by atoms with Gasteiger partial charge in [0, 0.05) is 25.6 Å². The summed E-state index contributed by atoms with van der Waals surface area (Å²) in [5.74, 6) is 0.469. The molecule has 4 heteroatoms. The molecule has 0 saturated carbocycles. The van der Waals surface area contributed by atoms with Crippen LogP contribution in [0.1, 0.15) is 25.7 Å². The smallest absolute Gasteiger partial charge is 0.222 e. The Kier molecular flexibility index (Phi) is 4.18.